The summed E-state index contributed by atoms with van der Waals surface area (Å²) in [7, 11) is 0. The van der Waals surface area contributed by atoms with Crippen LogP contribution in [-0.4, -0.2) is 35.6 Å². The molecule has 19 heavy (non-hydrogen) atoms. The Bertz CT molecular complexity index is 419. The third kappa shape index (κ3) is 5.82. The van der Waals surface area contributed by atoms with Gasteiger partial charge in [0, 0.05) is 37.3 Å². The number of carbonyl (C=O) groups excluding carboxylic acids is 1. The highest BCUT2D eigenvalue weighted by Gasteiger charge is 2.03. The number of nitro groups is 1. The van der Waals surface area contributed by atoms with Gasteiger partial charge in [0.05, 0.1) is 11.5 Å². The molecule has 0 radical (unpaired) electrons. The van der Waals surface area contributed by atoms with Crippen molar-refractivity contribution in [1.29, 1.82) is 0 Å². The van der Waals surface area contributed by atoms with Crippen molar-refractivity contribution in [2.24, 2.45) is 0 Å². The fourth-order valence-electron chi connectivity index (χ4n) is 1.47. The number of aliphatic hydroxyl groups excluding tert-OH is 1. The van der Waals surface area contributed by atoms with Crippen molar-refractivity contribution < 1.29 is 14.8 Å². The summed E-state index contributed by atoms with van der Waals surface area (Å²) in [6, 6.07) is 6.11. The minimum absolute atomic E-state index is 0.0499. The molecule has 1 amide bonds. The number of nitrogens with one attached hydrogen (secondary N) is 2. The predicted octanol–water partition coefficient (Wildman–Crippen LogP) is 0.895. The lowest BCUT2D eigenvalue weighted by Crippen LogP contribution is -2.26. The first-order valence-electron chi connectivity index (χ1n) is 5.99. The first-order valence-corrected chi connectivity index (χ1v) is 5.99. The Balaban J connectivity index is 2.22. The van der Waals surface area contributed by atoms with E-state index in [4.69, 9.17) is 5.11 Å². The standard InChI is InChI=1S/C12H17N3O4/c16-9-8-14-12(17)2-1-7-13-10-3-5-11(6-4-10)15(18)19/h3-6,13,16H,1-2,7-9H2,(H,14,17). The highest BCUT2D eigenvalue weighted by Crippen LogP contribution is 2.15. The lowest BCUT2D eigenvalue weighted by molar-refractivity contribution is -0.384. The molecule has 7 heteroatoms. The van der Waals surface area contributed by atoms with Gasteiger partial charge in [0.2, 0.25) is 5.91 Å². The number of amides is 1. The van der Waals surface area contributed by atoms with Crippen LogP contribution in [-0.2, 0) is 4.79 Å². The minimum Gasteiger partial charge on any atom is -0.395 e. The van der Waals surface area contributed by atoms with Gasteiger partial charge < -0.3 is 15.7 Å². The molecule has 0 unspecified atom stereocenters. The van der Waals surface area contributed by atoms with Gasteiger partial charge in [0.15, 0.2) is 0 Å². The number of nitro benzene ring substituents is 1. The van der Waals surface area contributed by atoms with Crippen LogP contribution in [0.2, 0.25) is 0 Å². The minimum atomic E-state index is -0.449. The maximum Gasteiger partial charge on any atom is 0.269 e. The van der Waals surface area contributed by atoms with Crippen LogP contribution < -0.4 is 10.6 Å². The van der Waals surface area contributed by atoms with Crippen molar-refractivity contribution >= 4 is 17.3 Å². The molecule has 0 saturated carbocycles. The summed E-state index contributed by atoms with van der Waals surface area (Å²) in [5, 5.41) is 24.6. The topological polar surface area (TPSA) is 104 Å². The van der Waals surface area contributed by atoms with Crippen molar-refractivity contribution in [3.05, 3.63) is 34.4 Å². The molecule has 1 rings (SSSR count). The second-order valence-electron chi connectivity index (χ2n) is 3.91. The van der Waals surface area contributed by atoms with Crippen LogP contribution in [0.1, 0.15) is 12.8 Å². The molecule has 0 aromatic heterocycles. The molecule has 0 aliphatic rings. The number of hydrogen-bond donors (Lipinski definition) is 3. The Morgan fingerprint density at radius 1 is 1.26 bits per heavy atom. The van der Waals surface area contributed by atoms with Gasteiger partial charge in [-0.1, -0.05) is 0 Å². The van der Waals surface area contributed by atoms with Gasteiger partial charge in [-0.2, -0.15) is 0 Å². The molecular formula is C12H17N3O4. The van der Waals surface area contributed by atoms with E-state index in [1.54, 1.807) is 12.1 Å². The molecule has 0 fully saturated rings. The monoisotopic (exact) mass is 267 g/mol. The molecule has 104 valence electrons. The van der Waals surface area contributed by atoms with Gasteiger partial charge in [-0.25, -0.2) is 0 Å². The van der Waals surface area contributed by atoms with Crippen molar-refractivity contribution in [3.63, 3.8) is 0 Å². The first kappa shape index (κ1) is 14.9. The fraction of sp³-hybridized carbons (Fsp3) is 0.417. The zero-order valence-corrected chi connectivity index (χ0v) is 10.5. The van der Waals surface area contributed by atoms with Crippen molar-refractivity contribution in [3.8, 4) is 0 Å². The third-order valence-electron chi connectivity index (χ3n) is 2.42. The summed E-state index contributed by atoms with van der Waals surface area (Å²) in [4.78, 5) is 21.2. The number of anilines is 1. The summed E-state index contributed by atoms with van der Waals surface area (Å²) in [6.45, 7) is 0.811. The Morgan fingerprint density at radius 2 is 1.95 bits per heavy atom. The number of benzene rings is 1. The molecule has 0 heterocycles. The SMILES string of the molecule is O=C(CCCNc1ccc([N+](=O)[O-])cc1)NCCO. The highest BCUT2D eigenvalue weighted by atomic mass is 16.6. The quantitative estimate of drug-likeness (QED) is 0.368. The maximum atomic E-state index is 11.2. The fourth-order valence-corrected chi connectivity index (χ4v) is 1.47. The van der Waals surface area contributed by atoms with Gasteiger partial charge in [-0.3, -0.25) is 14.9 Å². The lowest BCUT2D eigenvalue weighted by Gasteiger charge is -2.06. The van der Waals surface area contributed by atoms with Crippen molar-refractivity contribution in [2.45, 2.75) is 12.8 Å². The molecule has 0 aliphatic heterocycles. The lowest BCUT2D eigenvalue weighted by atomic mass is 10.2. The van der Waals surface area contributed by atoms with E-state index in [0.717, 1.165) is 5.69 Å². The van der Waals surface area contributed by atoms with E-state index >= 15 is 0 Å². The summed E-state index contributed by atoms with van der Waals surface area (Å²) in [5.74, 6) is -0.0976. The summed E-state index contributed by atoms with van der Waals surface area (Å²) in [6.07, 6.45) is 1.02. The second-order valence-corrected chi connectivity index (χ2v) is 3.91. The van der Waals surface area contributed by atoms with Crippen LogP contribution in [0.3, 0.4) is 0 Å². The number of nitrogens with zero attached hydrogens (tertiary/aromatic N) is 1. The Labute approximate surface area is 110 Å². The Kier molecular flexibility index (Phi) is 6.31. The van der Waals surface area contributed by atoms with Gasteiger partial charge in [0.25, 0.3) is 5.69 Å². The molecule has 0 atom stereocenters. The van der Waals surface area contributed by atoms with E-state index in [9.17, 15) is 14.9 Å². The highest BCUT2D eigenvalue weighted by molar-refractivity contribution is 5.75. The van der Waals surface area contributed by atoms with E-state index in [1.165, 1.54) is 12.1 Å². The van der Waals surface area contributed by atoms with E-state index in [-0.39, 0.29) is 24.7 Å². The van der Waals surface area contributed by atoms with Gasteiger partial charge in [-0.05, 0) is 18.6 Å². The second kappa shape index (κ2) is 8.04. The smallest absolute Gasteiger partial charge is 0.269 e. The predicted molar refractivity (Wildman–Crippen MR) is 70.9 cm³/mol. The van der Waals surface area contributed by atoms with Gasteiger partial charge >= 0.3 is 0 Å². The zero-order valence-electron chi connectivity index (χ0n) is 10.5. The summed E-state index contributed by atoms with van der Waals surface area (Å²) < 4.78 is 0. The number of rotatable bonds is 8. The molecule has 0 saturated heterocycles. The molecule has 1 aromatic rings. The number of hydrogen-bond acceptors (Lipinski definition) is 5. The maximum absolute atomic E-state index is 11.2. The summed E-state index contributed by atoms with van der Waals surface area (Å²) >= 11 is 0. The normalized spacial score (nSPS) is 9.95. The van der Waals surface area contributed by atoms with E-state index in [0.29, 0.717) is 19.4 Å². The van der Waals surface area contributed by atoms with E-state index < -0.39 is 4.92 Å². The van der Waals surface area contributed by atoms with Crippen LogP contribution in [0, 0.1) is 10.1 Å². The van der Waals surface area contributed by atoms with E-state index in [2.05, 4.69) is 10.6 Å². The van der Waals surface area contributed by atoms with Crippen molar-refractivity contribution in [2.75, 3.05) is 25.0 Å². The molecule has 7 nitrogen and oxygen atoms in total. The summed E-state index contributed by atoms with van der Waals surface area (Å²) in [5.41, 5.74) is 0.829. The molecule has 3 N–H and O–H groups in total. The average Bonchev–Trinajstić information content (AvgIpc) is 2.41. The zero-order chi connectivity index (χ0) is 14.1. The molecule has 0 bridgehead atoms. The largest absolute Gasteiger partial charge is 0.395 e. The van der Waals surface area contributed by atoms with Crippen LogP contribution in [0.15, 0.2) is 24.3 Å². The van der Waals surface area contributed by atoms with Gasteiger partial charge in [-0.15, -0.1) is 0 Å². The van der Waals surface area contributed by atoms with Crippen LogP contribution in [0.25, 0.3) is 0 Å². The number of aliphatic hydroxyl groups is 1. The molecule has 0 spiro atoms. The molecular weight excluding hydrogens is 250 g/mol. The Hall–Kier alpha value is -2.15. The van der Waals surface area contributed by atoms with Gasteiger partial charge in [0.1, 0.15) is 0 Å². The van der Waals surface area contributed by atoms with E-state index in [1.807, 2.05) is 0 Å². The Morgan fingerprint density at radius 3 is 2.53 bits per heavy atom. The first-order chi connectivity index (χ1) is 9.13. The molecule has 1 aromatic carbocycles. The van der Waals surface area contributed by atoms with Crippen LogP contribution in [0.4, 0.5) is 11.4 Å². The number of carbonyl (C=O) groups is 1. The van der Waals surface area contributed by atoms with Crippen molar-refractivity contribution in [1.82, 2.24) is 5.32 Å². The van der Waals surface area contributed by atoms with Crippen LogP contribution >= 0.6 is 0 Å². The van der Waals surface area contributed by atoms with Crippen LogP contribution in [0.5, 0.6) is 0 Å². The number of non-ortho nitro benzene ring substituents is 1. The third-order valence-corrected chi connectivity index (χ3v) is 2.42. The average molecular weight is 267 g/mol. The molecule has 0 aliphatic carbocycles.